The summed E-state index contributed by atoms with van der Waals surface area (Å²) in [4.78, 5) is 22.1. The third-order valence-corrected chi connectivity index (χ3v) is 3.82. The van der Waals surface area contributed by atoms with E-state index in [1.54, 1.807) is 0 Å². The summed E-state index contributed by atoms with van der Waals surface area (Å²) in [6, 6.07) is 2.20. The van der Waals surface area contributed by atoms with Crippen molar-refractivity contribution in [3.8, 4) is 0 Å². The van der Waals surface area contributed by atoms with Gasteiger partial charge in [-0.05, 0) is 25.7 Å². The molecule has 102 valence electrons. The molecular formula is C12H11Cl2NO4. The maximum atomic E-state index is 12.0. The molecule has 0 radical (unpaired) electrons. The molecule has 0 N–H and O–H groups in total. The van der Waals surface area contributed by atoms with Gasteiger partial charge in [0, 0.05) is 12.1 Å². The summed E-state index contributed by atoms with van der Waals surface area (Å²) in [6.45, 7) is 0. The van der Waals surface area contributed by atoms with Crippen molar-refractivity contribution in [3.63, 3.8) is 0 Å². The molecule has 0 bridgehead atoms. The molecule has 1 aromatic rings. The largest absolute Gasteiger partial charge is 0.459 e. The Labute approximate surface area is 119 Å². The molecule has 2 rings (SSSR count). The van der Waals surface area contributed by atoms with Crippen LogP contribution in [0.3, 0.4) is 0 Å². The number of non-ortho nitro benzene ring substituents is 1. The number of carbonyl (C=O) groups excluding carboxylic acids is 1. The number of nitrogens with zero attached hydrogens (tertiary/aromatic N) is 1. The zero-order valence-electron chi connectivity index (χ0n) is 9.90. The van der Waals surface area contributed by atoms with E-state index in [2.05, 4.69) is 0 Å². The normalized spacial score (nSPS) is 15.5. The van der Waals surface area contributed by atoms with Crippen molar-refractivity contribution in [2.45, 2.75) is 31.8 Å². The summed E-state index contributed by atoms with van der Waals surface area (Å²) in [6.07, 6.45) is 3.52. The van der Waals surface area contributed by atoms with E-state index in [4.69, 9.17) is 27.9 Å². The van der Waals surface area contributed by atoms with Crippen LogP contribution in [0.4, 0.5) is 5.69 Å². The van der Waals surface area contributed by atoms with Gasteiger partial charge < -0.3 is 4.74 Å². The summed E-state index contributed by atoms with van der Waals surface area (Å²) >= 11 is 11.7. The molecule has 0 aliphatic heterocycles. The number of ether oxygens (including phenoxy) is 1. The van der Waals surface area contributed by atoms with Crippen molar-refractivity contribution < 1.29 is 14.5 Å². The minimum Gasteiger partial charge on any atom is -0.459 e. The summed E-state index contributed by atoms with van der Waals surface area (Å²) in [5, 5.41) is 10.7. The summed E-state index contributed by atoms with van der Waals surface area (Å²) in [5.74, 6) is -0.664. The van der Waals surface area contributed by atoms with Crippen LogP contribution < -0.4 is 0 Å². The molecule has 0 spiro atoms. The van der Waals surface area contributed by atoms with Crippen molar-refractivity contribution >= 4 is 34.9 Å². The number of hydrogen-bond donors (Lipinski definition) is 0. The number of benzene rings is 1. The average Bonchev–Trinajstić information content (AvgIpc) is 2.84. The first-order chi connectivity index (χ1) is 8.99. The van der Waals surface area contributed by atoms with Gasteiger partial charge >= 0.3 is 5.97 Å². The Morgan fingerprint density at radius 3 is 2.53 bits per heavy atom. The molecule has 0 saturated heterocycles. The fourth-order valence-corrected chi connectivity index (χ4v) is 2.45. The zero-order valence-corrected chi connectivity index (χ0v) is 11.4. The molecule has 0 unspecified atom stereocenters. The van der Waals surface area contributed by atoms with Gasteiger partial charge in [-0.15, -0.1) is 0 Å². The highest BCUT2D eigenvalue weighted by Gasteiger charge is 2.24. The van der Waals surface area contributed by atoms with Crippen molar-refractivity contribution in [1.29, 1.82) is 0 Å². The fraction of sp³-hybridized carbons (Fsp3) is 0.417. The molecule has 0 amide bonds. The van der Waals surface area contributed by atoms with Gasteiger partial charge in [-0.3, -0.25) is 10.1 Å². The van der Waals surface area contributed by atoms with Crippen LogP contribution in [0.15, 0.2) is 12.1 Å². The lowest BCUT2D eigenvalue weighted by atomic mass is 10.2. The molecular weight excluding hydrogens is 293 g/mol. The van der Waals surface area contributed by atoms with Gasteiger partial charge in [-0.1, -0.05) is 23.2 Å². The lowest BCUT2D eigenvalue weighted by Crippen LogP contribution is -2.15. The third-order valence-electron chi connectivity index (χ3n) is 3.02. The van der Waals surface area contributed by atoms with E-state index in [-0.39, 0.29) is 27.4 Å². The van der Waals surface area contributed by atoms with Gasteiger partial charge in [0.2, 0.25) is 0 Å². The standard InChI is InChI=1S/C12H11Cl2NO4/c13-10-6-7(15(17)18)5-9(11(10)14)12(16)19-8-3-1-2-4-8/h5-6,8H,1-4H2. The molecule has 1 aliphatic carbocycles. The number of hydrogen-bond acceptors (Lipinski definition) is 4. The highest BCUT2D eigenvalue weighted by Crippen LogP contribution is 2.32. The maximum Gasteiger partial charge on any atom is 0.340 e. The zero-order chi connectivity index (χ0) is 14.0. The van der Waals surface area contributed by atoms with Gasteiger partial charge in [0.05, 0.1) is 20.5 Å². The van der Waals surface area contributed by atoms with Crippen LogP contribution in [0, 0.1) is 10.1 Å². The highest BCUT2D eigenvalue weighted by atomic mass is 35.5. The molecule has 7 heteroatoms. The monoisotopic (exact) mass is 303 g/mol. The number of rotatable bonds is 3. The Bertz CT molecular complexity index is 527. The quantitative estimate of drug-likeness (QED) is 0.481. The van der Waals surface area contributed by atoms with Gasteiger partial charge in [0.1, 0.15) is 6.10 Å². The first kappa shape index (κ1) is 14.1. The molecule has 0 atom stereocenters. The second-order valence-electron chi connectivity index (χ2n) is 4.36. The topological polar surface area (TPSA) is 69.4 Å². The Morgan fingerprint density at radius 2 is 1.95 bits per heavy atom. The van der Waals surface area contributed by atoms with E-state index in [1.807, 2.05) is 0 Å². The molecule has 0 heterocycles. The van der Waals surface area contributed by atoms with E-state index >= 15 is 0 Å². The van der Waals surface area contributed by atoms with Crippen LogP contribution in [0.5, 0.6) is 0 Å². The molecule has 5 nitrogen and oxygen atoms in total. The van der Waals surface area contributed by atoms with Gasteiger partial charge in [-0.2, -0.15) is 0 Å². The van der Waals surface area contributed by atoms with Gasteiger partial charge in [-0.25, -0.2) is 4.79 Å². The lowest BCUT2D eigenvalue weighted by Gasteiger charge is -2.12. The fourth-order valence-electron chi connectivity index (χ4n) is 2.05. The molecule has 1 saturated carbocycles. The van der Waals surface area contributed by atoms with Crippen LogP contribution in [0.2, 0.25) is 10.0 Å². The summed E-state index contributed by atoms with van der Waals surface area (Å²) in [7, 11) is 0. The minimum absolute atomic E-state index is 0.0183. The van der Waals surface area contributed by atoms with Crippen LogP contribution >= 0.6 is 23.2 Å². The van der Waals surface area contributed by atoms with Crippen molar-refractivity contribution in [1.82, 2.24) is 0 Å². The van der Waals surface area contributed by atoms with Crippen LogP contribution in [-0.4, -0.2) is 17.0 Å². The van der Waals surface area contributed by atoms with Crippen molar-refractivity contribution in [2.75, 3.05) is 0 Å². The molecule has 1 aliphatic rings. The third kappa shape index (κ3) is 3.16. The van der Waals surface area contributed by atoms with Crippen molar-refractivity contribution in [3.05, 3.63) is 37.9 Å². The predicted molar refractivity (Wildman–Crippen MR) is 70.8 cm³/mol. The lowest BCUT2D eigenvalue weighted by molar-refractivity contribution is -0.384. The van der Waals surface area contributed by atoms with Crippen LogP contribution in [0.1, 0.15) is 36.0 Å². The van der Waals surface area contributed by atoms with E-state index in [0.29, 0.717) is 0 Å². The Kier molecular flexibility index (Phi) is 4.27. The highest BCUT2D eigenvalue weighted by molar-refractivity contribution is 6.43. The second-order valence-corrected chi connectivity index (χ2v) is 5.14. The number of carbonyl (C=O) groups is 1. The average molecular weight is 304 g/mol. The van der Waals surface area contributed by atoms with Crippen molar-refractivity contribution in [2.24, 2.45) is 0 Å². The van der Waals surface area contributed by atoms with E-state index in [0.717, 1.165) is 37.8 Å². The van der Waals surface area contributed by atoms with Crippen LogP contribution in [-0.2, 0) is 4.74 Å². The number of nitro groups is 1. The molecule has 1 aromatic carbocycles. The Hall–Kier alpha value is -1.33. The Morgan fingerprint density at radius 1 is 1.32 bits per heavy atom. The predicted octanol–water partition coefficient (Wildman–Crippen LogP) is 4.00. The Balaban J connectivity index is 2.26. The first-order valence-corrected chi connectivity index (χ1v) is 6.59. The van der Waals surface area contributed by atoms with Crippen LogP contribution in [0.25, 0.3) is 0 Å². The molecule has 1 fully saturated rings. The first-order valence-electron chi connectivity index (χ1n) is 5.83. The molecule has 19 heavy (non-hydrogen) atoms. The van der Waals surface area contributed by atoms with E-state index in [1.165, 1.54) is 0 Å². The SMILES string of the molecule is O=C(OC1CCCC1)c1cc([N+](=O)[O-])cc(Cl)c1Cl. The number of halogens is 2. The van der Waals surface area contributed by atoms with E-state index < -0.39 is 10.9 Å². The second kappa shape index (κ2) is 5.75. The maximum absolute atomic E-state index is 12.0. The summed E-state index contributed by atoms with van der Waals surface area (Å²) < 4.78 is 5.26. The summed E-state index contributed by atoms with van der Waals surface area (Å²) in [5.41, 5.74) is -0.347. The minimum atomic E-state index is -0.664. The number of esters is 1. The smallest absolute Gasteiger partial charge is 0.340 e. The van der Waals surface area contributed by atoms with Gasteiger partial charge in [0.15, 0.2) is 0 Å². The molecule has 0 aromatic heterocycles. The van der Waals surface area contributed by atoms with E-state index in [9.17, 15) is 14.9 Å². The van der Waals surface area contributed by atoms with Gasteiger partial charge in [0.25, 0.3) is 5.69 Å². The number of nitro benzene ring substituents is 1.